The Labute approximate surface area is 142 Å². The molecule has 1 amide bonds. The van der Waals surface area contributed by atoms with Gasteiger partial charge in [-0.1, -0.05) is 44.2 Å². The van der Waals surface area contributed by atoms with Gasteiger partial charge in [-0.3, -0.25) is 9.78 Å². The van der Waals surface area contributed by atoms with Gasteiger partial charge in [0.25, 0.3) is 5.91 Å². The molecule has 1 atom stereocenters. The van der Waals surface area contributed by atoms with Gasteiger partial charge in [0.1, 0.15) is 0 Å². The summed E-state index contributed by atoms with van der Waals surface area (Å²) in [7, 11) is 0. The van der Waals surface area contributed by atoms with Crippen LogP contribution in [0.15, 0.2) is 54.9 Å². The second-order valence-electron chi connectivity index (χ2n) is 5.97. The molecule has 1 heterocycles. The van der Waals surface area contributed by atoms with E-state index in [0.717, 1.165) is 12.0 Å². The van der Waals surface area contributed by atoms with Crippen LogP contribution >= 0.6 is 0 Å². The lowest BCUT2D eigenvalue weighted by atomic mass is 9.97. The van der Waals surface area contributed by atoms with Gasteiger partial charge in [0.05, 0.1) is 11.6 Å². The third-order valence-electron chi connectivity index (χ3n) is 3.49. The molecule has 2 aromatic rings. The zero-order chi connectivity index (χ0) is 17.4. The Morgan fingerprint density at radius 1 is 1.08 bits per heavy atom. The largest absolute Gasteiger partial charge is 0.452 e. The molecule has 1 aromatic heterocycles. The molecule has 5 heteroatoms. The van der Waals surface area contributed by atoms with E-state index in [2.05, 4.69) is 24.1 Å². The fourth-order valence-electron chi connectivity index (χ4n) is 2.37. The predicted octanol–water partition coefficient (Wildman–Crippen LogP) is 3.14. The van der Waals surface area contributed by atoms with E-state index in [-0.39, 0.29) is 18.6 Å². The number of nitrogens with one attached hydrogen (secondary N) is 1. The van der Waals surface area contributed by atoms with Crippen molar-refractivity contribution < 1.29 is 14.3 Å². The minimum Gasteiger partial charge on any atom is -0.452 e. The van der Waals surface area contributed by atoms with Crippen molar-refractivity contribution in [1.82, 2.24) is 10.3 Å². The van der Waals surface area contributed by atoms with Crippen LogP contribution in [-0.2, 0) is 9.53 Å². The van der Waals surface area contributed by atoms with Crippen LogP contribution in [-0.4, -0.2) is 23.5 Å². The maximum atomic E-state index is 12.1. The van der Waals surface area contributed by atoms with E-state index >= 15 is 0 Å². The van der Waals surface area contributed by atoms with Crippen LogP contribution in [0.4, 0.5) is 0 Å². The molecule has 5 nitrogen and oxygen atoms in total. The average Bonchev–Trinajstić information content (AvgIpc) is 2.60. The molecule has 0 spiro atoms. The molecule has 0 aliphatic carbocycles. The molecular formula is C19H22N2O3. The SMILES string of the molecule is CC(C)C[C@@H](NC(=O)COC(=O)c1ccncc1)c1ccccc1. The van der Waals surface area contributed by atoms with Gasteiger partial charge >= 0.3 is 5.97 Å². The summed E-state index contributed by atoms with van der Waals surface area (Å²) in [6, 6.07) is 12.8. The molecule has 1 N–H and O–H groups in total. The average molecular weight is 326 g/mol. The molecule has 0 unspecified atom stereocenters. The number of hydrogen-bond acceptors (Lipinski definition) is 4. The normalized spacial score (nSPS) is 11.8. The van der Waals surface area contributed by atoms with Crippen LogP contribution in [0.3, 0.4) is 0 Å². The van der Waals surface area contributed by atoms with E-state index in [1.807, 2.05) is 30.3 Å². The number of amides is 1. The summed E-state index contributed by atoms with van der Waals surface area (Å²) in [6.07, 6.45) is 3.82. The standard InChI is InChI=1S/C19H22N2O3/c1-14(2)12-17(15-6-4-3-5-7-15)21-18(22)13-24-19(23)16-8-10-20-11-9-16/h3-11,14,17H,12-13H2,1-2H3,(H,21,22)/t17-/m1/s1. The molecule has 0 fully saturated rings. The third kappa shape index (κ3) is 5.50. The summed E-state index contributed by atoms with van der Waals surface area (Å²) in [5.74, 6) is -0.422. The Kier molecular flexibility index (Phi) is 6.49. The van der Waals surface area contributed by atoms with Gasteiger partial charge in [-0.2, -0.15) is 0 Å². The lowest BCUT2D eigenvalue weighted by molar-refractivity contribution is -0.125. The molecule has 1 aromatic carbocycles. The van der Waals surface area contributed by atoms with Crippen molar-refractivity contribution in [2.45, 2.75) is 26.3 Å². The highest BCUT2D eigenvalue weighted by molar-refractivity contribution is 5.91. The number of ether oxygens (including phenoxy) is 1. The number of carbonyl (C=O) groups is 2. The van der Waals surface area contributed by atoms with E-state index in [4.69, 9.17) is 4.74 Å². The number of esters is 1. The van der Waals surface area contributed by atoms with Crippen LogP contribution in [0, 0.1) is 5.92 Å². The second-order valence-corrected chi connectivity index (χ2v) is 5.97. The molecule has 0 bridgehead atoms. The Morgan fingerprint density at radius 3 is 2.38 bits per heavy atom. The molecule has 2 rings (SSSR count). The summed E-state index contributed by atoms with van der Waals surface area (Å²) >= 11 is 0. The fourth-order valence-corrected chi connectivity index (χ4v) is 2.37. The number of carbonyl (C=O) groups excluding carboxylic acids is 2. The lowest BCUT2D eigenvalue weighted by Crippen LogP contribution is -2.33. The van der Waals surface area contributed by atoms with Gasteiger partial charge in [-0.25, -0.2) is 4.79 Å². The van der Waals surface area contributed by atoms with E-state index in [1.165, 1.54) is 12.4 Å². The van der Waals surface area contributed by atoms with E-state index in [1.54, 1.807) is 12.1 Å². The van der Waals surface area contributed by atoms with Crippen molar-refractivity contribution in [2.75, 3.05) is 6.61 Å². The van der Waals surface area contributed by atoms with E-state index in [9.17, 15) is 9.59 Å². The summed E-state index contributed by atoms with van der Waals surface area (Å²) in [5, 5.41) is 2.94. The molecular weight excluding hydrogens is 304 g/mol. The van der Waals surface area contributed by atoms with Gasteiger partial charge < -0.3 is 10.1 Å². The summed E-state index contributed by atoms with van der Waals surface area (Å²) in [5.41, 5.74) is 1.42. The highest BCUT2D eigenvalue weighted by Gasteiger charge is 2.17. The van der Waals surface area contributed by atoms with Crippen molar-refractivity contribution in [1.29, 1.82) is 0 Å². The minimum absolute atomic E-state index is 0.0988. The fraction of sp³-hybridized carbons (Fsp3) is 0.316. The molecule has 0 saturated carbocycles. The van der Waals surface area contributed by atoms with Crippen LogP contribution in [0.2, 0.25) is 0 Å². The number of rotatable bonds is 7. The molecule has 24 heavy (non-hydrogen) atoms. The van der Waals surface area contributed by atoms with Crippen LogP contribution in [0.25, 0.3) is 0 Å². The highest BCUT2D eigenvalue weighted by Crippen LogP contribution is 2.20. The van der Waals surface area contributed by atoms with Crippen molar-refractivity contribution >= 4 is 11.9 Å². The second kappa shape index (κ2) is 8.82. The van der Waals surface area contributed by atoms with Crippen LogP contribution in [0.1, 0.15) is 42.2 Å². The smallest absolute Gasteiger partial charge is 0.338 e. The highest BCUT2D eigenvalue weighted by atomic mass is 16.5. The van der Waals surface area contributed by atoms with Gasteiger partial charge in [0.2, 0.25) is 0 Å². The Morgan fingerprint density at radius 2 is 1.75 bits per heavy atom. The van der Waals surface area contributed by atoms with Gasteiger partial charge in [0, 0.05) is 12.4 Å². The summed E-state index contributed by atoms with van der Waals surface area (Å²) in [4.78, 5) is 27.8. The van der Waals surface area contributed by atoms with Crippen molar-refractivity contribution in [3.05, 3.63) is 66.0 Å². The number of benzene rings is 1. The van der Waals surface area contributed by atoms with Gasteiger partial charge in [-0.05, 0) is 30.0 Å². The Balaban J connectivity index is 1.92. The van der Waals surface area contributed by atoms with E-state index in [0.29, 0.717) is 11.5 Å². The molecule has 0 aliphatic heterocycles. The first-order valence-electron chi connectivity index (χ1n) is 7.97. The van der Waals surface area contributed by atoms with Crippen molar-refractivity contribution in [2.24, 2.45) is 5.92 Å². The molecule has 126 valence electrons. The number of pyridine rings is 1. The van der Waals surface area contributed by atoms with Crippen molar-refractivity contribution in [3.63, 3.8) is 0 Å². The summed E-state index contributed by atoms with van der Waals surface area (Å²) < 4.78 is 5.05. The minimum atomic E-state index is -0.535. The van der Waals surface area contributed by atoms with Gasteiger partial charge in [0.15, 0.2) is 6.61 Å². The van der Waals surface area contributed by atoms with E-state index < -0.39 is 5.97 Å². The van der Waals surface area contributed by atoms with Crippen molar-refractivity contribution in [3.8, 4) is 0 Å². The quantitative estimate of drug-likeness (QED) is 0.794. The zero-order valence-electron chi connectivity index (χ0n) is 13.9. The molecule has 0 saturated heterocycles. The number of aromatic nitrogens is 1. The molecule has 0 aliphatic rings. The third-order valence-corrected chi connectivity index (χ3v) is 3.49. The zero-order valence-corrected chi connectivity index (χ0v) is 13.9. The first kappa shape index (κ1) is 17.7. The predicted molar refractivity (Wildman–Crippen MR) is 91.3 cm³/mol. The maximum absolute atomic E-state index is 12.1. The Hall–Kier alpha value is -2.69. The topological polar surface area (TPSA) is 68.3 Å². The number of hydrogen-bond donors (Lipinski definition) is 1. The van der Waals surface area contributed by atoms with Gasteiger partial charge in [-0.15, -0.1) is 0 Å². The first-order chi connectivity index (χ1) is 11.6. The molecule has 0 radical (unpaired) electrons. The van der Waals surface area contributed by atoms with Crippen LogP contribution < -0.4 is 5.32 Å². The monoisotopic (exact) mass is 326 g/mol. The number of nitrogens with zero attached hydrogens (tertiary/aromatic N) is 1. The Bertz CT molecular complexity index is 657. The first-order valence-corrected chi connectivity index (χ1v) is 7.97. The maximum Gasteiger partial charge on any atom is 0.338 e. The summed E-state index contributed by atoms with van der Waals surface area (Å²) in [6.45, 7) is 3.90. The van der Waals surface area contributed by atoms with Crippen LogP contribution in [0.5, 0.6) is 0 Å². The lowest BCUT2D eigenvalue weighted by Gasteiger charge is -2.21.